The lowest BCUT2D eigenvalue weighted by Gasteiger charge is -2.06. The fourth-order valence-corrected chi connectivity index (χ4v) is 2.12. The van der Waals surface area contributed by atoms with Gasteiger partial charge in [-0.15, -0.1) is 0 Å². The first kappa shape index (κ1) is 14.1. The molecule has 0 aliphatic carbocycles. The van der Waals surface area contributed by atoms with Crippen LogP contribution in [0, 0.1) is 6.92 Å². The molecule has 0 heterocycles. The molecule has 0 aromatic heterocycles. The number of carbonyl (C=O) groups excluding carboxylic acids is 1. The molecule has 0 aliphatic heterocycles. The van der Waals surface area contributed by atoms with E-state index in [1.807, 2.05) is 31.2 Å². The van der Waals surface area contributed by atoms with E-state index in [9.17, 15) is 4.79 Å². The van der Waals surface area contributed by atoms with Crippen molar-refractivity contribution in [2.45, 2.75) is 13.5 Å². The van der Waals surface area contributed by atoms with Gasteiger partial charge in [-0.1, -0.05) is 41.4 Å². The third kappa shape index (κ3) is 3.82. The van der Waals surface area contributed by atoms with Gasteiger partial charge in [0.15, 0.2) is 0 Å². The Hall–Kier alpha value is -1.32. The van der Waals surface area contributed by atoms with Crippen LogP contribution in [0.5, 0.6) is 0 Å². The van der Waals surface area contributed by atoms with Gasteiger partial charge in [0.05, 0.1) is 5.02 Å². The highest BCUT2D eigenvalue weighted by atomic mass is 79.9. The molecule has 0 spiro atoms. The molecule has 0 saturated carbocycles. The molecular weight excluding hydrogens is 326 g/mol. The van der Waals surface area contributed by atoms with Gasteiger partial charge in [0, 0.05) is 16.6 Å². The molecule has 0 radical (unpaired) electrons. The molecule has 0 aliphatic rings. The highest BCUT2D eigenvalue weighted by molar-refractivity contribution is 9.10. The fourth-order valence-electron chi connectivity index (χ4n) is 1.63. The van der Waals surface area contributed by atoms with E-state index in [-0.39, 0.29) is 5.91 Å². The van der Waals surface area contributed by atoms with Gasteiger partial charge in [-0.3, -0.25) is 4.79 Å². The summed E-state index contributed by atoms with van der Waals surface area (Å²) in [6.45, 7) is 2.55. The molecule has 0 fully saturated rings. The van der Waals surface area contributed by atoms with Crippen LogP contribution in [0.15, 0.2) is 46.9 Å². The second-order valence-electron chi connectivity index (χ2n) is 4.30. The number of amides is 1. The topological polar surface area (TPSA) is 29.1 Å². The summed E-state index contributed by atoms with van der Waals surface area (Å²) >= 11 is 9.20. The Kier molecular flexibility index (Phi) is 4.61. The summed E-state index contributed by atoms with van der Waals surface area (Å²) in [6, 6.07) is 13.2. The van der Waals surface area contributed by atoms with Gasteiger partial charge in [0.25, 0.3) is 5.91 Å². The van der Waals surface area contributed by atoms with E-state index in [0.29, 0.717) is 17.1 Å². The zero-order valence-electron chi connectivity index (χ0n) is 10.4. The summed E-state index contributed by atoms with van der Waals surface area (Å²) in [5, 5.41) is 3.47. The summed E-state index contributed by atoms with van der Waals surface area (Å²) in [5.74, 6) is -0.113. The Labute approximate surface area is 125 Å². The molecule has 1 N–H and O–H groups in total. The largest absolute Gasteiger partial charge is 0.348 e. The molecule has 2 aromatic rings. The smallest absolute Gasteiger partial charge is 0.251 e. The van der Waals surface area contributed by atoms with Crippen LogP contribution >= 0.6 is 27.5 Å². The van der Waals surface area contributed by atoms with Gasteiger partial charge in [-0.25, -0.2) is 0 Å². The minimum absolute atomic E-state index is 0.113. The Balaban J connectivity index is 2.01. The molecule has 0 bridgehead atoms. The van der Waals surface area contributed by atoms with Crippen molar-refractivity contribution in [1.29, 1.82) is 0 Å². The number of carbonyl (C=O) groups is 1. The lowest BCUT2D eigenvalue weighted by atomic mass is 10.1. The van der Waals surface area contributed by atoms with Crippen LogP contribution in [0.4, 0.5) is 0 Å². The van der Waals surface area contributed by atoms with Crippen molar-refractivity contribution in [3.8, 4) is 0 Å². The van der Waals surface area contributed by atoms with Crippen molar-refractivity contribution in [3.63, 3.8) is 0 Å². The predicted octanol–water partition coefficient (Wildman–Crippen LogP) is 4.34. The van der Waals surface area contributed by atoms with Crippen molar-refractivity contribution in [2.24, 2.45) is 0 Å². The Bertz CT molecular complexity index is 596. The van der Waals surface area contributed by atoms with Gasteiger partial charge in [-0.05, 0) is 46.6 Å². The average molecular weight is 339 g/mol. The highest BCUT2D eigenvalue weighted by Gasteiger charge is 2.07. The van der Waals surface area contributed by atoms with Crippen LogP contribution in [0.2, 0.25) is 5.02 Å². The van der Waals surface area contributed by atoms with Crippen LogP contribution in [-0.2, 0) is 6.54 Å². The quantitative estimate of drug-likeness (QED) is 0.886. The third-order valence-electron chi connectivity index (χ3n) is 2.76. The van der Waals surface area contributed by atoms with E-state index in [2.05, 4.69) is 21.2 Å². The molecule has 0 atom stereocenters. The summed E-state index contributed by atoms with van der Waals surface area (Å²) in [5.41, 5.74) is 2.87. The van der Waals surface area contributed by atoms with Gasteiger partial charge < -0.3 is 5.32 Å². The normalized spacial score (nSPS) is 10.3. The Morgan fingerprint density at radius 2 is 1.89 bits per heavy atom. The molecule has 2 aromatic carbocycles. The molecule has 0 saturated heterocycles. The van der Waals surface area contributed by atoms with Crippen molar-refractivity contribution >= 4 is 33.4 Å². The van der Waals surface area contributed by atoms with E-state index in [1.165, 1.54) is 5.56 Å². The maximum Gasteiger partial charge on any atom is 0.251 e. The highest BCUT2D eigenvalue weighted by Crippen LogP contribution is 2.23. The first-order valence-electron chi connectivity index (χ1n) is 5.85. The van der Waals surface area contributed by atoms with Crippen LogP contribution in [-0.4, -0.2) is 5.91 Å². The van der Waals surface area contributed by atoms with Crippen LogP contribution in [0.25, 0.3) is 0 Å². The van der Waals surface area contributed by atoms with E-state index >= 15 is 0 Å². The standard InChI is InChI=1S/C15H13BrClNO/c1-10-2-4-11(5-3-10)9-18-15(19)12-6-7-14(17)13(16)8-12/h2-8H,9H2,1H3,(H,18,19). The average Bonchev–Trinajstić information content (AvgIpc) is 2.41. The number of benzene rings is 2. The molecule has 4 heteroatoms. The molecule has 1 amide bonds. The van der Waals surface area contributed by atoms with E-state index in [4.69, 9.17) is 11.6 Å². The van der Waals surface area contributed by atoms with Gasteiger partial charge in [0.1, 0.15) is 0 Å². The second kappa shape index (κ2) is 6.22. The number of hydrogen-bond acceptors (Lipinski definition) is 1. The van der Waals surface area contributed by atoms with E-state index < -0.39 is 0 Å². The van der Waals surface area contributed by atoms with E-state index in [0.717, 1.165) is 10.0 Å². The fraction of sp³-hybridized carbons (Fsp3) is 0.133. The minimum atomic E-state index is -0.113. The lowest BCUT2D eigenvalue weighted by molar-refractivity contribution is 0.0951. The summed E-state index contributed by atoms with van der Waals surface area (Å²) in [4.78, 5) is 12.0. The number of rotatable bonds is 3. The Morgan fingerprint density at radius 1 is 1.21 bits per heavy atom. The van der Waals surface area contributed by atoms with Gasteiger partial charge in [-0.2, -0.15) is 0 Å². The maximum absolute atomic E-state index is 12.0. The number of aryl methyl sites for hydroxylation is 1. The SMILES string of the molecule is Cc1ccc(CNC(=O)c2ccc(Cl)c(Br)c2)cc1. The first-order chi connectivity index (χ1) is 9.06. The summed E-state index contributed by atoms with van der Waals surface area (Å²) < 4.78 is 0.720. The molecule has 2 nitrogen and oxygen atoms in total. The van der Waals surface area contributed by atoms with Crippen LogP contribution in [0.1, 0.15) is 21.5 Å². The van der Waals surface area contributed by atoms with Crippen molar-refractivity contribution < 1.29 is 4.79 Å². The zero-order chi connectivity index (χ0) is 13.8. The van der Waals surface area contributed by atoms with Crippen molar-refractivity contribution in [1.82, 2.24) is 5.32 Å². The van der Waals surface area contributed by atoms with Crippen molar-refractivity contribution in [3.05, 3.63) is 68.7 Å². The second-order valence-corrected chi connectivity index (χ2v) is 5.56. The monoisotopic (exact) mass is 337 g/mol. The number of hydrogen-bond donors (Lipinski definition) is 1. The molecular formula is C15H13BrClNO. The maximum atomic E-state index is 12.0. The van der Waals surface area contributed by atoms with Gasteiger partial charge in [0.2, 0.25) is 0 Å². The van der Waals surface area contributed by atoms with Crippen LogP contribution in [0.3, 0.4) is 0 Å². The predicted molar refractivity (Wildman–Crippen MR) is 81.5 cm³/mol. The van der Waals surface area contributed by atoms with Crippen LogP contribution < -0.4 is 5.32 Å². The summed E-state index contributed by atoms with van der Waals surface area (Å²) in [7, 11) is 0. The molecule has 0 unspecified atom stereocenters. The lowest BCUT2D eigenvalue weighted by Crippen LogP contribution is -2.22. The number of nitrogens with one attached hydrogen (secondary N) is 1. The van der Waals surface area contributed by atoms with E-state index in [1.54, 1.807) is 18.2 Å². The molecule has 98 valence electrons. The summed E-state index contributed by atoms with van der Waals surface area (Å²) in [6.07, 6.45) is 0. The Morgan fingerprint density at radius 3 is 2.53 bits per heavy atom. The van der Waals surface area contributed by atoms with Crippen molar-refractivity contribution in [2.75, 3.05) is 0 Å². The molecule has 19 heavy (non-hydrogen) atoms. The molecule has 2 rings (SSSR count). The first-order valence-corrected chi connectivity index (χ1v) is 7.02. The van der Waals surface area contributed by atoms with Gasteiger partial charge >= 0.3 is 0 Å². The number of halogens is 2. The minimum Gasteiger partial charge on any atom is -0.348 e. The zero-order valence-corrected chi connectivity index (χ0v) is 12.8. The third-order valence-corrected chi connectivity index (χ3v) is 3.97.